The highest BCUT2D eigenvalue weighted by atomic mass is 16.5. The molecule has 1 amide bonds. The van der Waals surface area contributed by atoms with Gasteiger partial charge in [0, 0.05) is 33.1 Å². The summed E-state index contributed by atoms with van der Waals surface area (Å²) in [5.41, 5.74) is 1.68. The first-order chi connectivity index (χ1) is 10.6. The van der Waals surface area contributed by atoms with Crippen LogP contribution in [0.5, 0.6) is 0 Å². The standard InChI is InChI=1S/C16H21N3O3/c1-12-11-18(9-10-22-12)15(20)7-8-19-14-6-4-3-5-13(14)17(2)16(19)21/h3-6,12H,7-11H2,1-2H3. The molecule has 1 aromatic carbocycles. The van der Waals surface area contributed by atoms with Gasteiger partial charge in [-0.3, -0.25) is 13.9 Å². The maximum atomic E-state index is 12.3. The van der Waals surface area contributed by atoms with Crippen molar-refractivity contribution in [3.05, 3.63) is 34.7 Å². The SMILES string of the molecule is CC1CN(C(=O)CCn2c(=O)n(C)c3ccccc32)CCO1. The summed E-state index contributed by atoms with van der Waals surface area (Å²) >= 11 is 0. The molecule has 0 saturated carbocycles. The van der Waals surface area contributed by atoms with Gasteiger partial charge in [0.2, 0.25) is 5.91 Å². The molecule has 1 aliphatic rings. The number of hydrogen-bond acceptors (Lipinski definition) is 3. The minimum absolute atomic E-state index is 0.0787. The number of carbonyl (C=O) groups is 1. The van der Waals surface area contributed by atoms with Gasteiger partial charge in [-0.15, -0.1) is 0 Å². The van der Waals surface area contributed by atoms with E-state index in [0.717, 1.165) is 11.0 Å². The van der Waals surface area contributed by atoms with E-state index in [4.69, 9.17) is 4.74 Å². The number of hydrogen-bond donors (Lipinski definition) is 0. The van der Waals surface area contributed by atoms with E-state index in [-0.39, 0.29) is 17.7 Å². The van der Waals surface area contributed by atoms with E-state index < -0.39 is 0 Å². The molecule has 0 N–H and O–H groups in total. The van der Waals surface area contributed by atoms with Crippen LogP contribution < -0.4 is 5.69 Å². The highest BCUT2D eigenvalue weighted by Gasteiger charge is 2.21. The zero-order valence-electron chi connectivity index (χ0n) is 13.0. The molecule has 1 unspecified atom stereocenters. The first-order valence-corrected chi connectivity index (χ1v) is 7.61. The number of amides is 1. The van der Waals surface area contributed by atoms with Crippen LogP contribution in [0.1, 0.15) is 13.3 Å². The zero-order valence-corrected chi connectivity index (χ0v) is 13.0. The number of benzene rings is 1. The number of aryl methyl sites for hydroxylation is 2. The van der Waals surface area contributed by atoms with Crippen LogP contribution in [0.15, 0.2) is 29.1 Å². The van der Waals surface area contributed by atoms with Crippen LogP contribution in [0.2, 0.25) is 0 Å². The highest BCUT2D eigenvalue weighted by molar-refractivity contribution is 5.78. The van der Waals surface area contributed by atoms with Crippen LogP contribution >= 0.6 is 0 Å². The fraction of sp³-hybridized carbons (Fsp3) is 0.500. The molecular weight excluding hydrogens is 282 g/mol. The molecule has 1 atom stereocenters. The van der Waals surface area contributed by atoms with Crippen LogP contribution in [0, 0.1) is 0 Å². The summed E-state index contributed by atoms with van der Waals surface area (Å²) in [7, 11) is 1.76. The van der Waals surface area contributed by atoms with Crippen molar-refractivity contribution >= 4 is 16.9 Å². The maximum absolute atomic E-state index is 12.3. The van der Waals surface area contributed by atoms with Crippen LogP contribution in [-0.2, 0) is 23.1 Å². The third-order valence-electron chi connectivity index (χ3n) is 4.19. The predicted octanol–water partition coefficient (Wildman–Crippen LogP) is 0.977. The van der Waals surface area contributed by atoms with Crippen molar-refractivity contribution in [1.82, 2.24) is 14.0 Å². The third kappa shape index (κ3) is 2.66. The number of ether oxygens (including phenoxy) is 1. The monoisotopic (exact) mass is 303 g/mol. The molecule has 118 valence electrons. The second kappa shape index (κ2) is 5.96. The quantitative estimate of drug-likeness (QED) is 0.849. The van der Waals surface area contributed by atoms with E-state index in [1.165, 1.54) is 0 Å². The Bertz CT molecular complexity index is 747. The first kappa shape index (κ1) is 14.8. The normalized spacial score (nSPS) is 18.8. The molecule has 0 aliphatic carbocycles. The molecule has 0 radical (unpaired) electrons. The molecule has 22 heavy (non-hydrogen) atoms. The molecule has 2 heterocycles. The number of fused-ring (bicyclic) bond motifs is 1. The van der Waals surface area contributed by atoms with Gasteiger partial charge in [0.15, 0.2) is 0 Å². The summed E-state index contributed by atoms with van der Waals surface area (Å²) in [6.07, 6.45) is 0.415. The molecule has 3 rings (SSSR count). The van der Waals surface area contributed by atoms with E-state index in [2.05, 4.69) is 0 Å². The number of aromatic nitrogens is 2. The lowest BCUT2D eigenvalue weighted by Crippen LogP contribution is -2.44. The molecule has 1 aliphatic heterocycles. The summed E-state index contributed by atoms with van der Waals surface area (Å²) in [6.45, 7) is 4.22. The number of carbonyl (C=O) groups excluding carboxylic acids is 1. The average molecular weight is 303 g/mol. The largest absolute Gasteiger partial charge is 0.375 e. The van der Waals surface area contributed by atoms with Crippen molar-refractivity contribution in [2.24, 2.45) is 7.05 Å². The Morgan fingerprint density at radius 3 is 2.77 bits per heavy atom. The second-order valence-electron chi connectivity index (χ2n) is 5.75. The van der Waals surface area contributed by atoms with Gasteiger partial charge in [0.1, 0.15) is 0 Å². The molecule has 0 bridgehead atoms. The number of para-hydroxylation sites is 2. The topological polar surface area (TPSA) is 56.5 Å². The molecule has 6 heteroatoms. The number of nitrogens with zero attached hydrogens (tertiary/aromatic N) is 3. The lowest BCUT2D eigenvalue weighted by Gasteiger charge is -2.31. The van der Waals surface area contributed by atoms with E-state index in [9.17, 15) is 9.59 Å². The van der Waals surface area contributed by atoms with Gasteiger partial charge in [-0.2, -0.15) is 0 Å². The summed E-state index contributed by atoms with van der Waals surface area (Å²) in [6, 6.07) is 7.65. The minimum Gasteiger partial charge on any atom is -0.375 e. The van der Waals surface area contributed by atoms with E-state index in [1.54, 1.807) is 16.2 Å². The van der Waals surface area contributed by atoms with Crippen molar-refractivity contribution in [2.45, 2.75) is 26.0 Å². The van der Waals surface area contributed by atoms with Crippen LogP contribution in [0.4, 0.5) is 0 Å². The lowest BCUT2D eigenvalue weighted by atomic mass is 10.2. The van der Waals surface area contributed by atoms with Crippen molar-refractivity contribution < 1.29 is 9.53 Å². The highest BCUT2D eigenvalue weighted by Crippen LogP contribution is 2.13. The summed E-state index contributed by atoms with van der Waals surface area (Å²) in [4.78, 5) is 26.5. The van der Waals surface area contributed by atoms with Crippen molar-refractivity contribution in [3.63, 3.8) is 0 Å². The van der Waals surface area contributed by atoms with Crippen molar-refractivity contribution in [3.8, 4) is 0 Å². The number of imidazole rings is 1. The Balaban J connectivity index is 1.75. The fourth-order valence-corrected chi connectivity index (χ4v) is 2.99. The van der Waals surface area contributed by atoms with Crippen LogP contribution in [0.25, 0.3) is 11.0 Å². The summed E-state index contributed by atoms with van der Waals surface area (Å²) in [5, 5.41) is 0. The number of rotatable bonds is 3. The number of morpholine rings is 1. The van der Waals surface area contributed by atoms with Crippen LogP contribution in [0.3, 0.4) is 0 Å². The smallest absolute Gasteiger partial charge is 0.328 e. The first-order valence-electron chi connectivity index (χ1n) is 7.61. The van der Waals surface area contributed by atoms with Gasteiger partial charge in [0.25, 0.3) is 0 Å². The van der Waals surface area contributed by atoms with Crippen LogP contribution in [-0.4, -0.2) is 45.7 Å². The Kier molecular flexibility index (Phi) is 4.02. The van der Waals surface area contributed by atoms with Gasteiger partial charge >= 0.3 is 5.69 Å². The molecule has 1 saturated heterocycles. The summed E-state index contributed by atoms with van der Waals surface area (Å²) < 4.78 is 8.75. The molecule has 1 fully saturated rings. The molecule has 6 nitrogen and oxygen atoms in total. The zero-order chi connectivity index (χ0) is 15.7. The lowest BCUT2D eigenvalue weighted by molar-refractivity contribution is -0.138. The average Bonchev–Trinajstić information content (AvgIpc) is 2.77. The fourth-order valence-electron chi connectivity index (χ4n) is 2.99. The van der Waals surface area contributed by atoms with E-state index in [0.29, 0.717) is 32.7 Å². The van der Waals surface area contributed by atoms with Gasteiger partial charge < -0.3 is 9.64 Å². The Morgan fingerprint density at radius 1 is 1.32 bits per heavy atom. The molecule has 1 aromatic heterocycles. The Hall–Kier alpha value is -2.08. The van der Waals surface area contributed by atoms with E-state index >= 15 is 0 Å². The second-order valence-corrected chi connectivity index (χ2v) is 5.75. The van der Waals surface area contributed by atoms with Crippen molar-refractivity contribution in [2.75, 3.05) is 19.7 Å². The molecular formula is C16H21N3O3. The minimum atomic E-state index is -0.0793. The Morgan fingerprint density at radius 2 is 2.05 bits per heavy atom. The van der Waals surface area contributed by atoms with Gasteiger partial charge in [-0.25, -0.2) is 4.79 Å². The van der Waals surface area contributed by atoms with Gasteiger partial charge in [0.05, 0.1) is 23.7 Å². The maximum Gasteiger partial charge on any atom is 0.328 e. The van der Waals surface area contributed by atoms with Gasteiger partial charge in [-0.05, 0) is 19.1 Å². The Labute approximate surface area is 128 Å². The molecule has 0 spiro atoms. The molecule has 2 aromatic rings. The van der Waals surface area contributed by atoms with Crippen molar-refractivity contribution in [1.29, 1.82) is 0 Å². The third-order valence-corrected chi connectivity index (χ3v) is 4.19. The summed E-state index contributed by atoms with van der Waals surface area (Å²) in [5.74, 6) is 0.0787. The van der Waals surface area contributed by atoms with Gasteiger partial charge in [-0.1, -0.05) is 12.1 Å². The van der Waals surface area contributed by atoms with E-state index in [1.807, 2.05) is 36.1 Å². The predicted molar refractivity (Wildman–Crippen MR) is 83.8 cm³/mol.